The fraction of sp³-hybridized carbons (Fsp3) is 0. The van der Waals surface area contributed by atoms with Crippen molar-refractivity contribution in [1.29, 1.82) is 0 Å². The monoisotopic (exact) mass is 2730 g/mol. The molecule has 12 aromatic carbocycles. The predicted molar refractivity (Wildman–Crippen MR) is 364 cm³/mol. The smallest absolute Gasteiger partial charge is 0.0619 e. The Balaban J connectivity index is -0.000000256. The van der Waals surface area contributed by atoms with Crippen LogP contribution in [0.15, 0.2) is 364 Å². The molecule has 6 radical (unpaired) electrons. The molecule has 0 heterocycles. The summed E-state index contributed by atoms with van der Waals surface area (Å²) in [6.07, 6.45) is 0. The van der Waals surface area contributed by atoms with Crippen LogP contribution in [0.2, 0.25) is 0 Å². The summed E-state index contributed by atoms with van der Waals surface area (Å²) >= 11 is -13.4. The number of rotatable bonds is 12. The van der Waals surface area contributed by atoms with Crippen LogP contribution in [0.5, 0.6) is 0 Å². The quantitative estimate of drug-likeness (QED) is 0.0630. The molecule has 102 heavy (non-hydrogen) atoms. The van der Waals surface area contributed by atoms with E-state index in [1.165, 1.54) is 42.8 Å². The van der Waals surface area contributed by atoms with E-state index in [-0.39, 0.29) is 155 Å². The molecule has 0 N–H and O–H groups in total. The normalized spacial score (nSPS) is 8.29. The Hall–Kier alpha value is -1.93. The molecule has 0 saturated carbocycles. The van der Waals surface area contributed by atoms with Crippen LogP contribution < -0.4 is 148 Å². The van der Waals surface area contributed by atoms with E-state index in [1.807, 2.05) is 0 Å². The maximum absolute atomic E-state index is 8.54. The molecule has 0 spiro atoms. The number of benzene rings is 12. The van der Waals surface area contributed by atoms with Gasteiger partial charge in [-0.1, -0.05) is 218 Å². The molecule has 546 valence electrons. The minimum absolute atomic E-state index is 0. The molecule has 0 bridgehead atoms. The van der Waals surface area contributed by atoms with E-state index in [9.17, 15) is 0 Å². The average molecular weight is 2740 g/mol. The Morgan fingerprint density at radius 1 is 0.137 bits per heavy atom. The molecule has 0 aliphatic carbocycles. The minimum Gasteiger partial charge on any atom is -0.0619 e. The van der Waals surface area contributed by atoms with Crippen LogP contribution in [-0.2, 0) is 18.1 Å². The van der Waals surface area contributed by atoms with Crippen molar-refractivity contribution in [3.05, 3.63) is 407 Å². The van der Waals surface area contributed by atoms with Crippen LogP contribution in [-0.4, -0.2) is 132 Å². The van der Waals surface area contributed by atoms with E-state index in [4.69, 9.17) is 38.4 Å². The van der Waals surface area contributed by atoms with Gasteiger partial charge < -0.3 is 0 Å². The third-order valence-electron chi connectivity index (χ3n) is 10.1. The van der Waals surface area contributed by atoms with Crippen molar-refractivity contribution < 1.29 is 194 Å². The second-order valence-electron chi connectivity index (χ2n) is 16.6. The Morgan fingerprint density at radius 3 is 0.235 bits per heavy atom. The number of hydrogen-bond acceptors (Lipinski definition) is 12. The van der Waals surface area contributed by atoms with Gasteiger partial charge in [-0.2, -0.15) is 0 Å². The van der Waals surface area contributed by atoms with Gasteiger partial charge in [-0.05, 0) is 146 Å². The largest absolute Gasteiger partial charge is 0.357 e. The Bertz CT molecular complexity index is 2890. The minimum atomic E-state index is -2.27. The van der Waals surface area contributed by atoms with Gasteiger partial charge in [0.05, 0.1) is 0 Å². The molecular formula is C72H72F6I6O12Sb6. The summed E-state index contributed by atoms with van der Waals surface area (Å²) < 4.78 is 120. The van der Waals surface area contributed by atoms with Crippen LogP contribution in [0.25, 0.3) is 0 Å². The molecule has 12 aromatic rings. The first kappa shape index (κ1) is 111. The van der Waals surface area contributed by atoms with Crippen molar-refractivity contribution in [2.24, 2.45) is 0 Å². The number of halogens is 12. The van der Waals surface area contributed by atoms with Gasteiger partial charge >= 0.3 is 298 Å². The maximum Gasteiger partial charge on any atom is 0.357 e. The molecule has 0 amide bonds. The maximum atomic E-state index is 8.54. The van der Waals surface area contributed by atoms with Crippen LogP contribution in [0.4, 0.5) is 28.2 Å². The van der Waals surface area contributed by atoms with Crippen LogP contribution in [0.1, 0.15) is 0 Å². The molecule has 12 nitrogen and oxygen atoms in total. The predicted octanol–water partition coefficient (Wildman–Crippen LogP) is -11.9. The van der Waals surface area contributed by atoms with E-state index in [2.05, 4.69) is 364 Å². The summed E-state index contributed by atoms with van der Waals surface area (Å²) in [5.41, 5.74) is 0. The topological polar surface area (TPSA) is 241 Å². The fourth-order valence-electron chi connectivity index (χ4n) is 6.49. The van der Waals surface area contributed by atoms with Gasteiger partial charge in [0.25, 0.3) is 0 Å². The van der Waals surface area contributed by atoms with Gasteiger partial charge in [0.2, 0.25) is 0 Å². The molecule has 12 rings (SSSR count). The number of hydrogen-bond donors (Lipinski definition) is 0. The Kier molecular flexibility index (Phi) is 92.2. The molecule has 0 saturated heterocycles. The first-order chi connectivity index (χ1) is 47.2. The van der Waals surface area contributed by atoms with Gasteiger partial charge in [0, 0.05) is 0 Å². The second kappa shape index (κ2) is 84.7. The standard InChI is InChI=1S/6C12H10I.6FH.12O.6Sb.6H/c6*1-3-7-11(8-4-1)13-12-9-5-2-6-10-12;;;;;;;;;;;;;;;;;;;;;;;;;;;;;;/h6*1-10H;6*1H;;;;;;;;;;;;;;;;;;;;;;;;/q6*+1;;;;;;;;;;;;;6*-1;;;;;;;;;;;;. The molecule has 0 fully saturated rings. The molecule has 0 aliphatic rings. The van der Waals surface area contributed by atoms with E-state index in [0.717, 1.165) is 0 Å². The summed E-state index contributed by atoms with van der Waals surface area (Å²) in [5.74, 6) is 0. The van der Waals surface area contributed by atoms with Gasteiger partial charge in [0.1, 0.15) is 0 Å². The van der Waals surface area contributed by atoms with Crippen molar-refractivity contribution in [1.82, 2.24) is 0 Å². The van der Waals surface area contributed by atoms with Gasteiger partial charge in [0.15, 0.2) is 42.8 Å². The van der Waals surface area contributed by atoms with Gasteiger partial charge in [-0.15, -0.1) is 0 Å². The summed E-state index contributed by atoms with van der Waals surface area (Å²) in [6, 6.07) is 128. The summed E-state index contributed by atoms with van der Waals surface area (Å²) in [6.45, 7) is 0. The molecular weight excluding hydrogens is 2660 g/mol. The first-order valence-electron chi connectivity index (χ1n) is 27.6. The average Bonchev–Trinajstić information content (AvgIpc) is 0.985. The molecule has 0 atom stereocenters. The zero-order chi connectivity index (χ0) is 69.8. The van der Waals surface area contributed by atoms with Crippen molar-refractivity contribution in [3.8, 4) is 0 Å². The SMILES string of the molecule is F.F.F.F.F.F.[O]=[SbH][O-].[O]=[SbH][O-].[O]=[SbH][O-].[O]=[SbH][O-].[O]=[SbH][O-].[O]=[SbH][O-].c1ccc([I+]c2ccccc2)cc1.c1ccc([I+]c2ccccc2)cc1.c1ccc([I+]c2ccccc2)cc1.c1ccc([I+]c2ccccc2)cc1.c1ccc([I+]c2ccccc2)cc1.c1ccc([I+]c2ccccc2)cc1. The van der Waals surface area contributed by atoms with Crippen LogP contribution >= 0.6 is 0 Å². The molecule has 0 unspecified atom stereocenters. The summed E-state index contributed by atoms with van der Waals surface area (Å²) in [5, 5.41) is 0. The summed E-state index contributed by atoms with van der Waals surface area (Å²) in [7, 11) is 0. The zero-order valence-corrected chi connectivity index (χ0v) is 83.3. The van der Waals surface area contributed by atoms with E-state index < -0.39 is 132 Å². The molecule has 0 aromatic heterocycles. The van der Waals surface area contributed by atoms with Gasteiger partial charge in [-0.25, -0.2) is 0 Å². The second-order valence-corrected chi connectivity index (χ2v) is 37.7. The van der Waals surface area contributed by atoms with Crippen molar-refractivity contribution in [2.75, 3.05) is 0 Å². The van der Waals surface area contributed by atoms with Crippen LogP contribution in [0.3, 0.4) is 0 Å². The van der Waals surface area contributed by atoms with Crippen molar-refractivity contribution in [3.63, 3.8) is 0 Å². The third-order valence-corrected chi connectivity index (χ3v) is 26.2. The molecule has 30 heteroatoms. The summed E-state index contributed by atoms with van der Waals surface area (Å²) in [4.78, 5) is 0. The van der Waals surface area contributed by atoms with E-state index in [0.29, 0.717) is 0 Å². The Labute approximate surface area is 720 Å². The molecule has 0 aliphatic heterocycles. The Morgan fingerprint density at radius 2 is 0.186 bits per heavy atom. The van der Waals surface area contributed by atoms with E-state index >= 15 is 0 Å². The third kappa shape index (κ3) is 66.3. The van der Waals surface area contributed by atoms with Gasteiger partial charge in [-0.3, -0.25) is 28.2 Å². The van der Waals surface area contributed by atoms with E-state index in [1.54, 1.807) is 0 Å². The van der Waals surface area contributed by atoms with Crippen LogP contribution in [0, 0.1) is 42.8 Å². The fourth-order valence-corrected chi connectivity index (χ4v) is 20.1. The first-order valence-corrected chi connectivity index (χ1v) is 54.6. The van der Waals surface area contributed by atoms with Crippen molar-refractivity contribution in [2.45, 2.75) is 0 Å². The zero-order valence-electron chi connectivity index (χ0n) is 53.3. The van der Waals surface area contributed by atoms with Crippen molar-refractivity contribution >= 4 is 132 Å².